The second-order valence-corrected chi connectivity index (χ2v) is 5.40. The van der Waals surface area contributed by atoms with Crippen molar-refractivity contribution in [3.63, 3.8) is 0 Å². The van der Waals surface area contributed by atoms with Gasteiger partial charge in [-0.15, -0.1) is 0 Å². The lowest BCUT2D eigenvalue weighted by Crippen LogP contribution is -2.16. The highest BCUT2D eigenvalue weighted by molar-refractivity contribution is 6.07. The van der Waals surface area contributed by atoms with Crippen LogP contribution >= 0.6 is 0 Å². The van der Waals surface area contributed by atoms with Gasteiger partial charge in [-0.05, 0) is 31.5 Å². The quantitative estimate of drug-likeness (QED) is 0.644. The van der Waals surface area contributed by atoms with Crippen LogP contribution in [0.2, 0.25) is 0 Å². The number of pyridine rings is 1. The smallest absolute Gasteiger partial charge is 0.259 e. The number of nitrogens with zero attached hydrogens (tertiary/aromatic N) is 1. The molecule has 0 aliphatic rings. The summed E-state index contributed by atoms with van der Waals surface area (Å²) >= 11 is 0. The molecule has 0 unspecified atom stereocenters. The third-order valence-corrected chi connectivity index (χ3v) is 3.33. The fraction of sp³-hybridized carbons (Fsp3) is 0.263. The van der Waals surface area contributed by atoms with Crippen molar-refractivity contribution in [3.8, 4) is 17.6 Å². The molecule has 6 heteroatoms. The summed E-state index contributed by atoms with van der Waals surface area (Å²) < 4.78 is 18.9. The van der Waals surface area contributed by atoms with Crippen LogP contribution in [0.5, 0.6) is 5.75 Å². The number of unbranched alkanes of at least 4 members (excludes halogenated alkanes) is 1. The standard InChI is InChI=1S/C19H20FN3O2/c1-3-4-5-6-10-25-15-9-7-8-14(12-15)22-19(24)16-11-13(2)17(20)23-18(16)21/h7-9,11-12H,3-4,10H2,1-2H3,(H2,21,23)(H,22,24). The topological polar surface area (TPSA) is 77.2 Å². The minimum Gasteiger partial charge on any atom is -0.481 e. The first kappa shape index (κ1) is 18.3. The number of amides is 1. The van der Waals surface area contributed by atoms with Crippen molar-refractivity contribution < 1.29 is 13.9 Å². The Kier molecular flexibility index (Phi) is 6.35. The average Bonchev–Trinajstić information content (AvgIpc) is 2.58. The van der Waals surface area contributed by atoms with E-state index in [9.17, 15) is 9.18 Å². The Bertz CT molecular complexity index is 825. The van der Waals surface area contributed by atoms with Gasteiger partial charge in [-0.2, -0.15) is 4.39 Å². The monoisotopic (exact) mass is 341 g/mol. The highest BCUT2D eigenvalue weighted by Gasteiger charge is 2.14. The molecule has 1 heterocycles. The first-order valence-electron chi connectivity index (χ1n) is 7.93. The number of carbonyl (C=O) groups excluding carboxylic acids is 1. The number of hydrogen-bond acceptors (Lipinski definition) is 4. The number of rotatable bonds is 5. The van der Waals surface area contributed by atoms with Gasteiger partial charge in [-0.25, -0.2) is 4.98 Å². The molecule has 0 aliphatic carbocycles. The summed E-state index contributed by atoms with van der Waals surface area (Å²) in [6, 6.07) is 8.29. The molecule has 5 nitrogen and oxygen atoms in total. The van der Waals surface area contributed by atoms with Crippen molar-refractivity contribution in [1.29, 1.82) is 0 Å². The van der Waals surface area contributed by atoms with E-state index in [2.05, 4.69) is 29.1 Å². The lowest BCUT2D eigenvalue weighted by atomic mass is 10.1. The fourth-order valence-electron chi connectivity index (χ4n) is 2.03. The van der Waals surface area contributed by atoms with Gasteiger partial charge in [0.15, 0.2) is 0 Å². The Morgan fingerprint density at radius 3 is 2.92 bits per heavy atom. The lowest BCUT2D eigenvalue weighted by Gasteiger charge is -2.09. The molecule has 25 heavy (non-hydrogen) atoms. The van der Waals surface area contributed by atoms with Crippen molar-refractivity contribution in [1.82, 2.24) is 4.98 Å². The van der Waals surface area contributed by atoms with Crippen LogP contribution in [0.3, 0.4) is 0 Å². The fourth-order valence-corrected chi connectivity index (χ4v) is 2.03. The molecule has 1 aromatic heterocycles. The summed E-state index contributed by atoms with van der Waals surface area (Å²) in [6.45, 7) is 3.87. The molecule has 1 aromatic carbocycles. The van der Waals surface area contributed by atoms with Crippen molar-refractivity contribution in [3.05, 3.63) is 47.4 Å². The van der Waals surface area contributed by atoms with Gasteiger partial charge in [0.05, 0.1) is 5.56 Å². The largest absolute Gasteiger partial charge is 0.481 e. The molecule has 1 amide bonds. The van der Waals surface area contributed by atoms with Crippen LogP contribution in [0.4, 0.5) is 15.9 Å². The Morgan fingerprint density at radius 1 is 1.36 bits per heavy atom. The number of hydrogen-bond donors (Lipinski definition) is 2. The predicted octanol–water partition coefficient (Wildman–Crippen LogP) is 3.55. The van der Waals surface area contributed by atoms with Gasteiger partial charge in [-0.1, -0.05) is 24.8 Å². The Balaban J connectivity index is 2.05. The van der Waals surface area contributed by atoms with Crippen LogP contribution in [0, 0.1) is 24.7 Å². The molecule has 0 saturated heterocycles. The zero-order valence-corrected chi connectivity index (χ0v) is 14.2. The number of ether oxygens (including phenoxy) is 1. The van der Waals surface area contributed by atoms with Crippen molar-refractivity contribution in [2.75, 3.05) is 17.7 Å². The molecule has 0 spiro atoms. The number of nitrogens with one attached hydrogen (secondary N) is 1. The van der Waals surface area contributed by atoms with Crippen molar-refractivity contribution >= 4 is 17.4 Å². The molecule has 3 N–H and O–H groups in total. The van der Waals surface area contributed by atoms with Crippen LogP contribution in [0.15, 0.2) is 30.3 Å². The van der Waals surface area contributed by atoms with Crippen molar-refractivity contribution in [2.24, 2.45) is 0 Å². The number of nitrogens with two attached hydrogens (primary N) is 1. The van der Waals surface area contributed by atoms with Crippen molar-refractivity contribution in [2.45, 2.75) is 26.7 Å². The van der Waals surface area contributed by atoms with E-state index in [1.165, 1.54) is 13.0 Å². The maximum Gasteiger partial charge on any atom is 0.259 e. The highest BCUT2D eigenvalue weighted by atomic mass is 19.1. The third kappa shape index (κ3) is 5.21. The van der Waals surface area contributed by atoms with Gasteiger partial charge in [0.25, 0.3) is 5.91 Å². The lowest BCUT2D eigenvalue weighted by molar-refractivity contribution is 0.102. The first-order valence-corrected chi connectivity index (χ1v) is 7.93. The normalized spacial score (nSPS) is 9.88. The van der Waals surface area contributed by atoms with E-state index in [0.29, 0.717) is 11.4 Å². The number of aromatic nitrogens is 1. The molecule has 0 radical (unpaired) electrons. The predicted molar refractivity (Wildman–Crippen MR) is 95.9 cm³/mol. The molecule has 130 valence electrons. The van der Waals surface area contributed by atoms with E-state index in [1.54, 1.807) is 24.3 Å². The van der Waals surface area contributed by atoms with E-state index < -0.39 is 11.9 Å². The summed E-state index contributed by atoms with van der Waals surface area (Å²) in [7, 11) is 0. The molecule has 2 rings (SSSR count). The maximum absolute atomic E-state index is 13.3. The van der Waals surface area contributed by atoms with Gasteiger partial charge in [-0.3, -0.25) is 4.79 Å². The van der Waals surface area contributed by atoms with Gasteiger partial charge in [0, 0.05) is 23.7 Å². The van der Waals surface area contributed by atoms with Crippen LogP contribution in [0.25, 0.3) is 0 Å². The minimum atomic E-state index is -0.686. The van der Waals surface area contributed by atoms with Crippen LogP contribution in [0.1, 0.15) is 35.7 Å². The summed E-state index contributed by atoms with van der Waals surface area (Å²) in [5.41, 5.74) is 6.53. The Morgan fingerprint density at radius 2 is 2.16 bits per heavy atom. The molecule has 0 fully saturated rings. The molecular weight excluding hydrogens is 321 g/mol. The van der Waals surface area contributed by atoms with Gasteiger partial charge < -0.3 is 15.8 Å². The molecular formula is C19H20FN3O2. The summed E-state index contributed by atoms with van der Waals surface area (Å²) in [6.07, 6.45) is 1.85. The SMILES string of the molecule is CCCC#CCOc1cccc(NC(=O)c2cc(C)c(F)nc2N)c1. The Labute approximate surface area is 146 Å². The number of anilines is 2. The third-order valence-electron chi connectivity index (χ3n) is 3.33. The van der Waals surface area contributed by atoms with Gasteiger partial charge >= 0.3 is 0 Å². The van der Waals surface area contributed by atoms with E-state index in [-0.39, 0.29) is 23.6 Å². The van der Waals surface area contributed by atoms with E-state index in [0.717, 1.165) is 12.8 Å². The number of halogens is 1. The number of nitrogen functional groups attached to an aromatic ring is 1. The molecule has 0 bridgehead atoms. The molecule has 0 atom stereocenters. The molecule has 2 aromatic rings. The minimum absolute atomic E-state index is 0.121. The summed E-state index contributed by atoms with van der Waals surface area (Å²) in [4.78, 5) is 15.9. The first-order chi connectivity index (χ1) is 12.0. The van der Waals surface area contributed by atoms with Crippen LogP contribution < -0.4 is 15.8 Å². The summed E-state index contributed by atoms with van der Waals surface area (Å²) in [5.74, 6) is 5.20. The highest BCUT2D eigenvalue weighted by Crippen LogP contribution is 2.20. The van der Waals surface area contributed by atoms with Crippen LogP contribution in [-0.2, 0) is 0 Å². The van der Waals surface area contributed by atoms with E-state index in [1.807, 2.05) is 0 Å². The molecule has 0 aliphatic heterocycles. The van der Waals surface area contributed by atoms with Gasteiger partial charge in [0.2, 0.25) is 5.95 Å². The second-order valence-electron chi connectivity index (χ2n) is 5.40. The second kappa shape index (κ2) is 8.69. The molecule has 0 saturated carbocycles. The zero-order chi connectivity index (χ0) is 18.2. The number of carbonyl (C=O) groups is 1. The van der Waals surface area contributed by atoms with E-state index in [4.69, 9.17) is 10.5 Å². The number of aryl methyl sites for hydroxylation is 1. The summed E-state index contributed by atoms with van der Waals surface area (Å²) in [5, 5.41) is 2.70. The zero-order valence-electron chi connectivity index (χ0n) is 14.2. The number of benzene rings is 1. The average molecular weight is 341 g/mol. The Hall–Kier alpha value is -3.07. The maximum atomic E-state index is 13.3. The van der Waals surface area contributed by atoms with E-state index >= 15 is 0 Å². The van der Waals surface area contributed by atoms with Gasteiger partial charge in [0.1, 0.15) is 18.2 Å². The van der Waals surface area contributed by atoms with Crippen LogP contribution in [-0.4, -0.2) is 17.5 Å².